The number of ether oxygens (including phenoxy) is 1. The van der Waals surface area contributed by atoms with Crippen LogP contribution in [0.15, 0.2) is 56.3 Å². The Balaban J connectivity index is 1.66. The largest absolute Gasteiger partial charge is 0.494 e. The van der Waals surface area contributed by atoms with Crippen LogP contribution in [0, 0.1) is 5.82 Å². The fourth-order valence-electron chi connectivity index (χ4n) is 2.77. The maximum atomic E-state index is 13.8. The zero-order chi connectivity index (χ0) is 19.0. The number of hydrogen-bond donors (Lipinski definition) is 1. The summed E-state index contributed by atoms with van der Waals surface area (Å²) in [5.41, 5.74) is 1.36. The van der Waals surface area contributed by atoms with Gasteiger partial charge in [-0.15, -0.1) is 0 Å². The molecular weight excluding hydrogens is 417 g/mol. The van der Waals surface area contributed by atoms with Crippen LogP contribution in [0.1, 0.15) is 11.5 Å². The van der Waals surface area contributed by atoms with Crippen LogP contribution in [0.4, 0.5) is 4.39 Å². The molecule has 136 valence electrons. The van der Waals surface area contributed by atoms with Crippen LogP contribution in [-0.2, 0) is 6.42 Å². The minimum Gasteiger partial charge on any atom is -0.494 e. The highest BCUT2D eigenvalue weighted by atomic mass is 79.9. The van der Waals surface area contributed by atoms with E-state index < -0.39 is 5.82 Å². The first kappa shape index (κ1) is 17.4. The molecule has 0 saturated carbocycles. The third-order valence-corrected chi connectivity index (χ3v) is 4.58. The highest BCUT2D eigenvalue weighted by Crippen LogP contribution is 2.22. The molecule has 0 saturated heterocycles. The third-order valence-electron chi connectivity index (χ3n) is 4.09. The lowest BCUT2D eigenvalue weighted by atomic mass is 10.1. The minimum absolute atomic E-state index is 0.166. The maximum absolute atomic E-state index is 13.8. The Kier molecular flexibility index (Phi) is 4.49. The van der Waals surface area contributed by atoms with Crippen molar-refractivity contribution in [2.24, 2.45) is 0 Å². The molecule has 6 nitrogen and oxygen atoms in total. The smallest absolute Gasteiger partial charge is 0.259 e. The monoisotopic (exact) mass is 429 g/mol. The summed E-state index contributed by atoms with van der Waals surface area (Å²) < 4.78 is 24.8. The molecule has 0 aliphatic rings. The molecule has 4 rings (SSSR count). The van der Waals surface area contributed by atoms with E-state index >= 15 is 0 Å². The van der Waals surface area contributed by atoms with Crippen LogP contribution in [0.2, 0.25) is 0 Å². The molecule has 2 heterocycles. The minimum atomic E-state index is -0.466. The predicted octanol–water partition coefficient (Wildman–Crippen LogP) is 4.08. The van der Waals surface area contributed by atoms with Crippen LogP contribution in [0.25, 0.3) is 22.3 Å². The summed E-state index contributed by atoms with van der Waals surface area (Å²) in [5, 5.41) is 4.73. The first-order valence-corrected chi connectivity index (χ1v) is 8.81. The molecule has 0 aliphatic carbocycles. The number of hydrogen-bond acceptors (Lipinski definition) is 5. The second kappa shape index (κ2) is 6.96. The number of pyridine rings is 1. The lowest BCUT2D eigenvalue weighted by molar-refractivity contribution is 0.381. The molecule has 27 heavy (non-hydrogen) atoms. The summed E-state index contributed by atoms with van der Waals surface area (Å²) in [6, 6.07) is 11.8. The Morgan fingerprint density at radius 1 is 1.22 bits per heavy atom. The maximum Gasteiger partial charge on any atom is 0.259 e. The number of benzene rings is 2. The van der Waals surface area contributed by atoms with E-state index in [0.29, 0.717) is 16.6 Å². The molecule has 0 amide bonds. The van der Waals surface area contributed by atoms with E-state index in [-0.39, 0.29) is 29.4 Å². The summed E-state index contributed by atoms with van der Waals surface area (Å²) in [6.07, 6.45) is 0.241. The van der Waals surface area contributed by atoms with Gasteiger partial charge < -0.3 is 14.2 Å². The van der Waals surface area contributed by atoms with Crippen molar-refractivity contribution in [3.63, 3.8) is 0 Å². The van der Waals surface area contributed by atoms with Gasteiger partial charge >= 0.3 is 0 Å². The van der Waals surface area contributed by atoms with Gasteiger partial charge in [-0.3, -0.25) is 4.79 Å². The molecule has 8 heteroatoms. The first-order chi connectivity index (χ1) is 13.0. The zero-order valence-corrected chi connectivity index (χ0v) is 15.7. The van der Waals surface area contributed by atoms with Gasteiger partial charge in [0.2, 0.25) is 11.7 Å². The van der Waals surface area contributed by atoms with Crippen LogP contribution in [0.3, 0.4) is 0 Å². The number of nitrogens with zero attached hydrogens (tertiary/aromatic N) is 2. The van der Waals surface area contributed by atoms with Gasteiger partial charge in [-0.05, 0) is 42.0 Å². The first-order valence-electron chi connectivity index (χ1n) is 8.01. The average Bonchev–Trinajstić information content (AvgIpc) is 3.10. The lowest BCUT2D eigenvalue weighted by Gasteiger charge is -2.03. The van der Waals surface area contributed by atoms with Crippen LogP contribution < -0.4 is 10.3 Å². The Morgan fingerprint density at radius 2 is 2.07 bits per heavy atom. The SMILES string of the molecule is COc1ccc(Cc2nc(-c3cc4cc(Br)ccc4[nH]c3=O)no2)cc1F. The molecule has 4 aromatic rings. The highest BCUT2D eigenvalue weighted by molar-refractivity contribution is 9.10. The molecule has 0 aliphatic heterocycles. The Bertz CT molecular complexity index is 1200. The molecule has 0 bridgehead atoms. The average molecular weight is 430 g/mol. The highest BCUT2D eigenvalue weighted by Gasteiger charge is 2.14. The lowest BCUT2D eigenvalue weighted by Crippen LogP contribution is -2.09. The van der Waals surface area contributed by atoms with E-state index in [1.165, 1.54) is 19.2 Å². The van der Waals surface area contributed by atoms with E-state index in [4.69, 9.17) is 9.26 Å². The molecule has 0 spiro atoms. The normalized spacial score (nSPS) is 11.1. The Hall–Kier alpha value is -3.00. The molecule has 0 unspecified atom stereocenters. The van der Waals surface area contributed by atoms with Crippen molar-refractivity contribution in [1.29, 1.82) is 0 Å². The summed E-state index contributed by atoms with van der Waals surface area (Å²) >= 11 is 3.41. The number of aromatic nitrogens is 3. The predicted molar refractivity (Wildman–Crippen MR) is 101 cm³/mol. The van der Waals surface area contributed by atoms with E-state index in [9.17, 15) is 9.18 Å². The van der Waals surface area contributed by atoms with Gasteiger partial charge in [-0.25, -0.2) is 4.39 Å². The van der Waals surface area contributed by atoms with Gasteiger partial charge in [0.25, 0.3) is 5.56 Å². The molecule has 0 fully saturated rings. The van der Waals surface area contributed by atoms with Gasteiger partial charge in [0.1, 0.15) is 0 Å². The summed E-state index contributed by atoms with van der Waals surface area (Å²) in [6.45, 7) is 0. The fraction of sp³-hybridized carbons (Fsp3) is 0.105. The number of fused-ring (bicyclic) bond motifs is 1. The van der Waals surface area contributed by atoms with Crippen LogP contribution in [0.5, 0.6) is 5.75 Å². The Morgan fingerprint density at radius 3 is 2.85 bits per heavy atom. The number of H-pyrrole nitrogens is 1. The number of methoxy groups -OCH3 is 1. The van der Waals surface area contributed by atoms with E-state index in [0.717, 1.165) is 9.86 Å². The molecule has 1 N–H and O–H groups in total. The third kappa shape index (κ3) is 3.48. The van der Waals surface area contributed by atoms with E-state index in [1.54, 1.807) is 12.1 Å². The van der Waals surface area contributed by atoms with Gasteiger partial charge in [0.15, 0.2) is 11.6 Å². The molecular formula is C19H13BrFN3O3. The van der Waals surface area contributed by atoms with Crippen molar-refractivity contribution in [2.45, 2.75) is 6.42 Å². The quantitative estimate of drug-likeness (QED) is 0.528. The number of halogens is 2. The number of nitrogens with one attached hydrogen (secondary N) is 1. The second-order valence-electron chi connectivity index (χ2n) is 5.90. The molecule has 2 aromatic heterocycles. The second-order valence-corrected chi connectivity index (χ2v) is 6.82. The van der Waals surface area contributed by atoms with Crippen molar-refractivity contribution >= 4 is 26.8 Å². The fourth-order valence-corrected chi connectivity index (χ4v) is 3.15. The zero-order valence-electron chi connectivity index (χ0n) is 14.1. The van der Waals surface area contributed by atoms with E-state index in [1.807, 2.05) is 18.2 Å². The summed E-state index contributed by atoms with van der Waals surface area (Å²) in [7, 11) is 1.40. The van der Waals surface area contributed by atoms with Gasteiger partial charge in [-0.2, -0.15) is 4.98 Å². The van der Waals surface area contributed by atoms with E-state index in [2.05, 4.69) is 31.1 Å². The van der Waals surface area contributed by atoms with Crippen molar-refractivity contribution in [3.05, 3.63) is 74.6 Å². The van der Waals surface area contributed by atoms with Crippen molar-refractivity contribution in [2.75, 3.05) is 7.11 Å². The molecule has 0 atom stereocenters. The topological polar surface area (TPSA) is 81.0 Å². The van der Waals surface area contributed by atoms with Gasteiger partial charge in [0.05, 0.1) is 19.1 Å². The van der Waals surface area contributed by atoms with Crippen molar-refractivity contribution in [1.82, 2.24) is 15.1 Å². The van der Waals surface area contributed by atoms with Crippen molar-refractivity contribution < 1.29 is 13.7 Å². The molecule has 2 aromatic carbocycles. The van der Waals surface area contributed by atoms with Gasteiger partial charge in [-0.1, -0.05) is 27.2 Å². The van der Waals surface area contributed by atoms with Crippen LogP contribution in [-0.4, -0.2) is 22.2 Å². The van der Waals surface area contributed by atoms with Crippen molar-refractivity contribution in [3.8, 4) is 17.1 Å². The summed E-state index contributed by atoms with van der Waals surface area (Å²) in [5.74, 6) is 0.163. The van der Waals surface area contributed by atoms with Crippen LogP contribution >= 0.6 is 15.9 Å². The number of rotatable bonds is 4. The summed E-state index contributed by atoms with van der Waals surface area (Å²) in [4.78, 5) is 19.4. The van der Waals surface area contributed by atoms with Gasteiger partial charge in [0, 0.05) is 15.4 Å². The standard InChI is InChI=1S/C19H13BrFN3O3/c1-26-16-5-2-10(6-14(16)21)7-17-23-18(24-27-17)13-9-11-8-12(20)3-4-15(11)22-19(13)25/h2-6,8-9H,7H2,1H3,(H,22,25). The number of aromatic amines is 1. The Labute approximate surface area is 161 Å². The molecule has 0 radical (unpaired) electrons.